The first-order chi connectivity index (χ1) is 17.8. The zero-order valence-corrected chi connectivity index (χ0v) is 22.1. The van der Waals surface area contributed by atoms with Gasteiger partial charge in [0.05, 0.1) is 31.2 Å². The number of hydrogen-bond acceptors (Lipinski definition) is 7. The summed E-state index contributed by atoms with van der Waals surface area (Å²) in [5, 5.41) is 2.91. The van der Waals surface area contributed by atoms with Gasteiger partial charge in [-0.25, -0.2) is 0 Å². The molecular formula is C29H34N4O4. The summed E-state index contributed by atoms with van der Waals surface area (Å²) in [5.41, 5.74) is 3.97. The van der Waals surface area contributed by atoms with E-state index in [1.165, 1.54) is 6.08 Å². The summed E-state index contributed by atoms with van der Waals surface area (Å²) < 4.78 is 11.1. The summed E-state index contributed by atoms with van der Waals surface area (Å²) in [5.74, 6) is 0.724. The normalized spacial score (nSPS) is 10.6. The molecule has 8 heteroatoms. The van der Waals surface area contributed by atoms with Crippen LogP contribution >= 0.6 is 0 Å². The number of benzene rings is 2. The number of rotatable bonds is 12. The number of ether oxygens (including phenoxy) is 2. The van der Waals surface area contributed by atoms with Crippen molar-refractivity contribution in [2.45, 2.75) is 6.42 Å². The second-order valence-electron chi connectivity index (χ2n) is 8.84. The van der Waals surface area contributed by atoms with Crippen molar-refractivity contribution in [3.05, 3.63) is 89.8 Å². The number of methoxy groups -OCH3 is 2. The van der Waals surface area contributed by atoms with E-state index < -0.39 is 0 Å². The largest absolute Gasteiger partial charge is 0.496 e. The molecule has 0 fully saturated rings. The number of anilines is 2. The minimum atomic E-state index is -0.305. The third-order valence-electron chi connectivity index (χ3n) is 5.94. The Morgan fingerprint density at radius 1 is 1.00 bits per heavy atom. The molecule has 0 spiro atoms. The number of para-hydroxylation sites is 1. The van der Waals surface area contributed by atoms with Crippen molar-refractivity contribution in [3.63, 3.8) is 0 Å². The van der Waals surface area contributed by atoms with E-state index in [-0.39, 0.29) is 11.7 Å². The van der Waals surface area contributed by atoms with Crippen LogP contribution in [0.5, 0.6) is 11.5 Å². The van der Waals surface area contributed by atoms with E-state index in [1.54, 1.807) is 50.7 Å². The van der Waals surface area contributed by atoms with Crippen LogP contribution in [0.4, 0.5) is 11.4 Å². The third-order valence-corrected chi connectivity index (χ3v) is 5.94. The molecule has 1 N–H and O–H groups in total. The van der Waals surface area contributed by atoms with Crippen LogP contribution in [0.2, 0.25) is 0 Å². The first-order valence-corrected chi connectivity index (χ1v) is 11.9. The van der Waals surface area contributed by atoms with E-state index >= 15 is 0 Å². The van der Waals surface area contributed by atoms with Gasteiger partial charge in [0.15, 0.2) is 5.78 Å². The fraction of sp³-hybridized carbons (Fsp3) is 0.276. The van der Waals surface area contributed by atoms with Crippen molar-refractivity contribution in [3.8, 4) is 11.5 Å². The molecule has 0 saturated carbocycles. The standard InChI is InChI=1S/C29H34N4O4/c1-7-28(34)31-24-18-21(27(37-6)19-25(24)33(4)15-14-32(2)3)17-22-16-20(12-13-30-22)29(35)23-10-8-9-11-26(23)36-5/h7-13,16,18-19H,1,14-15,17H2,2-6H3,(H,31,34). The van der Waals surface area contributed by atoms with Gasteiger partial charge in [-0.2, -0.15) is 0 Å². The number of pyridine rings is 1. The van der Waals surface area contributed by atoms with E-state index in [2.05, 4.69) is 26.7 Å². The van der Waals surface area contributed by atoms with Gasteiger partial charge in [0.1, 0.15) is 11.5 Å². The van der Waals surface area contributed by atoms with Crippen LogP contribution in [0.3, 0.4) is 0 Å². The molecule has 1 heterocycles. The molecule has 0 unspecified atom stereocenters. The van der Waals surface area contributed by atoms with Gasteiger partial charge >= 0.3 is 0 Å². The molecule has 0 aliphatic carbocycles. The number of ketones is 1. The number of carbonyl (C=O) groups excluding carboxylic acids is 2. The number of nitrogens with one attached hydrogen (secondary N) is 1. The number of likely N-dealkylation sites (N-methyl/N-ethyl adjacent to an activating group) is 2. The van der Waals surface area contributed by atoms with Gasteiger partial charge in [-0.1, -0.05) is 18.7 Å². The molecule has 0 atom stereocenters. The molecule has 0 aliphatic heterocycles. The predicted octanol–water partition coefficient (Wildman–Crippen LogP) is 4.04. The summed E-state index contributed by atoms with van der Waals surface area (Å²) in [6.45, 7) is 5.16. The second kappa shape index (κ2) is 12.7. The molecule has 1 aromatic heterocycles. The van der Waals surface area contributed by atoms with Gasteiger partial charge in [0.25, 0.3) is 0 Å². The molecule has 0 radical (unpaired) electrons. The molecule has 0 aliphatic rings. The Labute approximate surface area is 218 Å². The lowest BCUT2D eigenvalue weighted by molar-refractivity contribution is -0.111. The van der Waals surface area contributed by atoms with Crippen LogP contribution in [0.1, 0.15) is 27.2 Å². The maximum absolute atomic E-state index is 13.2. The van der Waals surface area contributed by atoms with E-state index in [4.69, 9.17) is 9.47 Å². The fourth-order valence-electron chi connectivity index (χ4n) is 3.91. The molecule has 2 aromatic carbocycles. The van der Waals surface area contributed by atoms with E-state index in [0.29, 0.717) is 40.4 Å². The van der Waals surface area contributed by atoms with Crippen LogP contribution in [-0.4, -0.2) is 70.0 Å². The lowest BCUT2D eigenvalue weighted by Crippen LogP contribution is -2.29. The smallest absolute Gasteiger partial charge is 0.247 e. The van der Waals surface area contributed by atoms with Gasteiger partial charge < -0.3 is 24.6 Å². The van der Waals surface area contributed by atoms with Crippen LogP contribution in [0.25, 0.3) is 0 Å². The topological polar surface area (TPSA) is 84.0 Å². The summed E-state index contributed by atoms with van der Waals surface area (Å²) in [7, 11) is 9.14. The predicted molar refractivity (Wildman–Crippen MR) is 147 cm³/mol. The highest BCUT2D eigenvalue weighted by molar-refractivity contribution is 6.10. The van der Waals surface area contributed by atoms with Crippen molar-refractivity contribution >= 4 is 23.1 Å². The molecule has 3 aromatic rings. The molecule has 0 bridgehead atoms. The Hall–Kier alpha value is -4.17. The van der Waals surface area contributed by atoms with Crippen LogP contribution in [0.15, 0.2) is 67.4 Å². The lowest BCUT2D eigenvalue weighted by Gasteiger charge is -2.26. The Balaban J connectivity index is 1.97. The molecule has 1 amide bonds. The number of hydrogen-bond donors (Lipinski definition) is 1. The summed E-state index contributed by atoms with van der Waals surface area (Å²) >= 11 is 0. The first kappa shape index (κ1) is 27.4. The molecule has 194 valence electrons. The fourth-order valence-corrected chi connectivity index (χ4v) is 3.91. The van der Waals surface area contributed by atoms with Crippen LogP contribution < -0.4 is 19.7 Å². The van der Waals surface area contributed by atoms with Crippen molar-refractivity contribution in [1.29, 1.82) is 0 Å². The minimum Gasteiger partial charge on any atom is -0.496 e. The maximum Gasteiger partial charge on any atom is 0.247 e. The van der Waals surface area contributed by atoms with Gasteiger partial charge in [0.2, 0.25) is 5.91 Å². The summed E-state index contributed by atoms with van der Waals surface area (Å²) in [4.78, 5) is 34.0. The molecule has 3 rings (SSSR count). The zero-order valence-electron chi connectivity index (χ0n) is 22.1. The molecule has 0 saturated heterocycles. The molecule has 37 heavy (non-hydrogen) atoms. The number of nitrogens with zero attached hydrogens (tertiary/aromatic N) is 3. The zero-order chi connectivity index (χ0) is 26.9. The molecular weight excluding hydrogens is 468 g/mol. The van der Waals surface area contributed by atoms with Gasteiger partial charge in [-0.3, -0.25) is 14.6 Å². The van der Waals surface area contributed by atoms with Crippen LogP contribution in [-0.2, 0) is 11.2 Å². The van der Waals surface area contributed by atoms with Crippen LogP contribution in [0, 0.1) is 0 Å². The monoisotopic (exact) mass is 502 g/mol. The average molecular weight is 503 g/mol. The van der Waals surface area contributed by atoms with Crippen molar-refractivity contribution in [1.82, 2.24) is 9.88 Å². The number of carbonyl (C=O) groups is 2. The second-order valence-corrected chi connectivity index (χ2v) is 8.84. The van der Waals surface area contributed by atoms with Gasteiger partial charge in [-0.05, 0) is 50.5 Å². The van der Waals surface area contributed by atoms with Crippen molar-refractivity contribution in [2.24, 2.45) is 0 Å². The van der Waals surface area contributed by atoms with E-state index in [0.717, 1.165) is 24.3 Å². The first-order valence-electron chi connectivity index (χ1n) is 11.9. The Morgan fingerprint density at radius 2 is 1.73 bits per heavy atom. The third kappa shape index (κ3) is 6.95. The quantitative estimate of drug-likeness (QED) is 0.296. The SMILES string of the molecule is C=CC(=O)Nc1cc(Cc2cc(C(=O)c3ccccc3OC)ccn2)c(OC)cc1N(C)CCN(C)C. The summed E-state index contributed by atoms with van der Waals surface area (Å²) in [6, 6.07) is 14.4. The van der Waals surface area contributed by atoms with Crippen molar-refractivity contribution in [2.75, 3.05) is 58.7 Å². The Bertz CT molecular complexity index is 1270. The number of aromatic nitrogens is 1. The minimum absolute atomic E-state index is 0.148. The highest BCUT2D eigenvalue weighted by Gasteiger charge is 2.18. The van der Waals surface area contributed by atoms with Crippen molar-refractivity contribution < 1.29 is 19.1 Å². The number of amides is 1. The lowest BCUT2D eigenvalue weighted by atomic mass is 10.00. The molecule has 8 nitrogen and oxygen atoms in total. The Kier molecular flexibility index (Phi) is 9.40. The van der Waals surface area contributed by atoms with E-state index in [9.17, 15) is 9.59 Å². The Morgan fingerprint density at radius 3 is 2.41 bits per heavy atom. The summed E-state index contributed by atoms with van der Waals surface area (Å²) in [6.07, 6.45) is 3.26. The highest BCUT2D eigenvalue weighted by atomic mass is 16.5. The maximum atomic E-state index is 13.2. The van der Waals surface area contributed by atoms with Gasteiger partial charge in [0, 0.05) is 55.6 Å². The average Bonchev–Trinajstić information content (AvgIpc) is 2.91. The van der Waals surface area contributed by atoms with Gasteiger partial charge in [-0.15, -0.1) is 0 Å². The van der Waals surface area contributed by atoms with E-state index in [1.807, 2.05) is 39.3 Å². The highest BCUT2D eigenvalue weighted by Crippen LogP contribution is 2.35.